The Balaban J connectivity index is 2.33. The lowest BCUT2D eigenvalue weighted by molar-refractivity contribution is 0.278. The van der Waals surface area contributed by atoms with E-state index in [2.05, 4.69) is 9.71 Å². The predicted octanol–water partition coefficient (Wildman–Crippen LogP) is 1.81. The first-order valence-electron chi connectivity index (χ1n) is 5.75. The van der Waals surface area contributed by atoms with E-state index in [4.69, 9.17) is 5.11 Å². The molecule has 1 atom stereocenters. The molecule has 8 heteroatoms. The zero-order valence-electron chi connectivity index (χ0n) is 10.6. The molecular weight excluding hydrogens is 303 g/mol. The Hall–Kier alpha value is -1.35. The maximum Gasteiger partial charge on any atom is 0.241 e. The molecule has 0 fully saturated rings. The van der Waals surface area contributed by atoms with Gasteiger partial charge in [-0.2, -0.15) is 0 Å². The summed E-state index contributed by atoms with van der Waals surface area (Å²) in [5.41, 5.74) is 0.144. The van der Waals surface area contributed by atoms with E-state index < -0.39 is 28.5 Å². The van der Waals surface area contributed by atoms with Crippen LogP contribution in [0.2, 0.25) is 0 Å². The van der Waals surface area contributed by atoms with Crippen LogP contribution < -0.4 is 4.72 Å². The average molecular weight is 316 g/mol. The number of rotatable bonds is 5. The molecule has 5 nitrogen and oxygen atoms in total. The van der Waals surface area contributed by atoms with Crippen LogP contribution in [0.5, 0.6) is 0 Å². The number of hydrogen-bond acceptors (Lipinski definition) is 5. The van der Waals surface area contributed by atoms with Crippen molar-refractivity contribution in [2.75, 3.05) is 0 Å². The smallest absolute Gasteiger partial charge is 0.241 e. The van der Waals surface area contributed by atoms with Gasteiger partial charge >= 0.3 is 0 Å². The van der Waals surface area contributed by atoms with E-state index in [1.54, 1.807) is 18.5 Å². The lowest BCUT2D eigenvalue weighted by Crippen LogP contribution is -2.27. The number of sulfonamides is 1. The van der Waals surface area contributed by atoms with Crippen LogP contribution >= 0.6 is 11.3 Å². The Kier molecular flexibility index (Phi) is 4.48. The predicted molar refractivity (Wildman–Crippen MR) is 73.2 cm³/mol. The van der Waals surface area contributed by atoms with Gasteiger partial charge in [-0.25, -0.2) is 22.5 Å². The minimum Gasteiger partial charge on any atom is -0.392 e. The number of aliphatic hydroxyl groups excluding tert-OH is 1. The number of aliphatic hydroxyl groups is 1. The van der Waals surface area contributed by atoms with Gasteiger partial charge in [0.15, 0.2) is 0 Å². The second-order valence-corrected chi connectivity index (χ2v) is 6.73. The molecular formula is C12H13FN2O3S2. The molecule has 108 valence electrons. The molecule has 1 aromatic heterocycles. The van der Waals surface area contributed by atoms with E-state index in [1.807, 2.05) is 0 Å². The number of thiazole rings is 1. The summed E-state index contributed by atoms with van der Waals surface area (Å²) in [7, 11) is -3.93. The van der Waals surface area contributed by atoms with Crippen LogP contribution in [0.1, 0.15) is 23.5 Å². The molecule has 2 aromatic rings. The summed E-state index contributed by atoms with van der Waals surface area (Å²) in [5.74, 6) is -0.676. The molecule has 1 heterocycles. The summed E-state index contributed by atoms with van der Waals surface area (Å²) >= 11 is 1.32. The zero-order chi connectivity index (χ0) is 14.8. The fourth-order valence-electron chi connectivity index (χ4n) is 1.70. The van der Waals surface area contributed by atoms with Crippen molar-refractivity contribution in [2.45, 2.75) is 24.5 Å². The molecule has 1 aromatic carbocycles. The first kappa shape index (κ1) is 15.0. The number of hydrogen-bond donors (Lipinski definition) is 2. The highest BCUT2D eigenvalue weighted by atomic mass is 32.2. The maximum absolute atomic E-state index is 13.2. The van der Waals surface area contributed by atoms with Gasteiger partial charge in [0.05, 0.1) is 17.5 Å². The molecule has 0 radical (unpaired) electrons. The molecule has 1 unspecified atom stereocenters. The summed E-state index contributed by atoms with van der Waals surface area (Å²) in [6.07, 6.45) is 1.58. The Labute approximate surface area is 120 Å². The Morgan fingerprint density at radius 2 is 2.25 bits per heavy atom. The van der Waals surface area contributed by atoms with Crippen molar-refractivity contribution >= 4 is 21.4 Å². The van der Waals surface area contributed by atoms with Crippen LogP contribution in [0.25, 0.3) is 0 Å². The maximum atomic E-state index is 13.2. The average Bonchev–Trinajstić information content (AvgIpc) is 2.92. The van der Waals surface area contributed by atoms with Gasteiger partial charge in [0, 0.05) is 11.6 Å². The highest BCUT2D eigenvalue weighted by Crippen LogP contribution is 2.21. The zero-order valence-corrected chi connectivity index (χ0v) is 12.2. The molecule has 2 rings (SSSR count). The fourth-order valence-corrected chi connectivity index (χ4v) is 3.87. The van der Waals surface area contributed by atoms with E-state index in [1.165, 1.54) is 17.4 Å². The third-order valence-corrected chi connectivity index (χ3v) is 5.22. The number of nitrogens with one attached hydrogen (secondary N) is 1. The van der Waals surface area contributed by atoms with E-state index in [0.29, 0.717) is 5.01 Å². The van der Waals surface area contributed by atoms with Gasteiger partial charge in [-0.15, -0.1) is 11.3 Å². The molecule has 0 saturated carbocycles. The SMILES string of the molecule is CC(NS(=O)(=O)c1cc(F)ccc1CO)c1nccs1. The summed E-state index contributed by atoms with van der Waals surface area (Å²) in [4.78, 5) is 3.76. The van der Waals surface area contributed by atoms with Crippen molar-refractivity contribution in [3.8, 4) is 0 Å². The summed E-state index contributed by atoms with van der Waals surface area (Å²) in [6, 6.07) is 2.71. The van der Waals surface area contributed by atoms with Gasteiger partial charge < -0.3 is 5.11 Å². The number of nitrogens with zero attached hydrogens (tertiary/aromatic N) is 1. The molecule has 0 spiro atoms. The minimum atomic E-state index is -3.93. The van der Waals surface area contributed by atoms with Crippen LogP contribution in [0.15, 0.2) is 34.7 Å². The van der Waals surface area contributed by atoms with Crippen molar-refractivity contribution in [1.82, 2.24) is 9.71 Å². The van der Waals surface area contributed by atoms with Crippen LogP contribution in [-0.2, 0) is 16.6 Å². The second kappa shape index (κ2) is 5.96. The van der Waals surface area contributed by atoms with Gasteiger partial charge in [-0.3, -0.25) is 0 Å². The van der Waals surface area contributed by atoms with Gasteiger partial charge in [-0.05, 0) is 24.6 Å². The van der Waals surface area contributed by atoms with Gasteiger partial charge in [0.1, 0.15) is 10.8 Å². The highest BCUT2D eigenvalue weighted by Gasteiger charge is 2.23. The lowest BCUT2D eigenvalue weighted by Gasteiger charge is -2.14. The van der Waals surface area contributed by atoms with E-state index >= 15 is 0 Å². The fraction of sp³-hybridized carbons (Fsp3) is 0.250. The molecule has 20 heavy (non-hydrogen) atoms. The van der Waals surface area contributed by atoms with Crippen molar-refractivity contribution < 1.29 is 17.9 Å². The summed E-state index contributed by atoms with van der Waals surface area (Å²) < 4.78 is 40.2. The molecule has 0 saturated heterocycles. The number of aromatic nitrogens is 1. The number of halogens is 1. The highest BCUT2D eigenvalue weighted by molar-refractivity contribution is 7.89. The van der Waals surface area contributed by atoms with Crippen LogP contribution in [0.4, 0.5) is 4.39 Å². The largest absolute Gasteiger partial charge is 0.392 e. The number of benzene rings is 1. The van der Waals surface area contributed by atoms with Gasteiger partial charge in [0.25, 0.3) is 0 Å². The summed E-state index contributed by atoms with van der Waals surface area (Å²) in [5, 5.41) is 11.5. The summed E-state index contributed by atoms with van der Waals surface area (Å²) in [6.45, 7) is 1.16. The lowest BCUT2D eigenvalue weighted by atomic mass is 10.2. The second-order valence-electron chi connectivity index (χ2n) is 4.12. The quantitative estimate of drug-likeness (QED) is 0.882. The van der Waals surface area contributed by atoms with E-state index in [9.17, 15) is 12.8 Å². The monoisotopic (exact) mass is 316 g/mol. The molecule has 0 aliphatic rings. The van der Waals surface area contributed by atoms with E-state index in [-0.39, 0.29) is 10.5 Å². The third-order valence-electron chi connectivity index (χ3n) is 2.64. The molecule has 0 aliphatic carbocycles. The third kappa shape index (κ3) is 3.21. The van der Waals surface area contributed by atoms with Crippen molar-refractivity contribution in [3.05, 3.63) is 46.2 Å². The topological polar surface area (TPSA) is 79.3 Å². The molecule has 0 amide bonds. The van der Waals surface area contributed by atoms with Gasteiger partial charge in [-0.1, -0.05) is 6.07 Å². The molecule has 2 N–H and O–H groups in total. The Morgan fingerprint density at radius 1 is 1.50 bits per heavy atom. The molecule has 0 bridgehead atoms. The standard InChI is InChI=1S/C12H13FN2O3S2/c1-8(12-14-4-5-19-12)15-20(17,18)11-6-10(13)3-2-9(11)7-16/h2-6,8,15-16H,7H2,1H3. The Bertz CT molecular complexity index is 687. The van der Waals surface area contributed by atoms with Crippen LogP contribution in [0, 0.1) is 5.82 Å². The van der Waals surface area contributed by atoms with Gasteiger partial charge in [0.2, 0.25) is 10.0 Å². The molecule has 0 aliphatic heterocycles. The normalized spacial score (nSPS) is 13.3. The first-order chi connectivity index (χ1) is 9.44. The van der Waals surface area contributed by atoms with E-state index in [0.717, 1.165) is 12.1 Å². The first-order valence-corrected chi connectivity index (χ1v) is 8.11. The minimum absolute atomic E-state index is 0.144. The Morgan fingerprint density at radius 3 is 2.85 bits per heavy atom. The van der Waals surface area contributed by atoms with Crippen LogP contribution in [-0.4, -0.2) is 18.5 Å². The van der Waals surface area contributed by atoms with Crippen LogP contribution in [0.3, 0.4) is 0 Å². The van der Waals surface area contributed by atoms with Crippen molar-refractivity contribution in [1.29, 1.82) is 0 Å². The van der Waals surface area contributed by atoms with Crippen molar-refractivity contribution in [3.63, 3.8) is 0 Å². The van der Waals surface area contributed by atoms with Crippen molar-refractivity contribution in [2.24, 2.45) is 0 Å².